The van der Waals surface area contributed by atoms with Crippen LogP contribution in [0.25, 0.3) is 0 Å². The molecule has 1 amide bonds. The second kappa shape index (κ2) is 5.22. The monoisotopic (exact) mass is 251 g/mol. The lowest BCUT2D eigenvalue weighted by Crippen LogP contribution is -2.47. The molecule has 0 bridgehead atoms. The number of nitrogens with one attached hydrogen (secondary N) is 1. The molecule has 3 N–H and O–H groups in total. The molecule has 0 saturated heterocycles. The molecule has 1 aliphatic heterocycles. The molecule has 6 nitrogen and oxygen atoms in total. The smallest absolute Gasteiger partial charge is 0.325 e. The van der Waals surface area contributed by atoms with E-state index in [1.165, 1.54) is 12.0 Å². The van der Waals surface area contributed by atoms with Gasteiger partial charge in [0.1, 0.15) is 12.6 Å². The van der Waals surface area contributed by atoms with E-state index in [9.17, 15) is 9.59 Å². The first-order valence-electron chi connectivity index (χ1n) is 5.91. The van der Waals surface area contributed by atoms with Crippen molar-refractivity contribution in [3.8, 4) is 0 Å². The summed E-state index contributed by atoms with van der Waals surface area (Å²) in [6.07, 6.45) is 5.52. The number of amides is 1. The average Bonchev–Trinajstić information content (AvgIpc) is 2.51. The molecule has 0 saturated carbocycles. The minimum absolute atomic E-state index is 0.0859. The molecule has 1 heterocycles. The van der Waals surface area contributed by atoms with Gasteiger partial charge in [0, 0.05) is 12.2 Å². The van der Waals surface area contributed by atoms with Crippen molar-refractivity contribution in [2.24, 2.45) is 5.73 Å². The standard InChI is InChI=1S/C12H17N3O3/c1-18-11(16)7-15-10-5-3-2-4-9(10)14-6-8(13)12(15)17/h2,4,8,14H,3,5-7,13H2,1H3/t8-/m0/s1. The molecule has 98 valence electrons. The fraction of sp³-hybridized carbons (Fsp3) is 0.500. The molecule has 0 aromatic carbocycles. The van der Waals surface area contributed by atoms with Crippen LogP contribution in [0.2, 0.25) is 0 Å². The van der Waals surface area contributed by atoms with E-state index in [-0.39, 0.29) is 12.5 Å². The Balaban J connectivity index is 2.31. The Kier molecular flexibility index (Phi) is 3.66. The fourth-order valence-electron chi connectivity index (χ4n) is 2.10. The van der Waals surface area contributed by atoms with Gasteiger partial charge in [-0.15, -0.1) is 0 Å². The number of allylic oxidation sites excluding steroid dienone is 3. The van der Waals surface area contributed by atoms with Crippen LogP contribution in [0, 0.1) is 0 Å². The van der Waals surface area contributed by atoms with E-state index < -0.39 is 12.0 Å². The van der Waals surface area contributed by atoms with Crippen molar-refractivity contribution in [3.63, 3.8) is 0 Å². The third-order valence-electron chi connectivity index (χ3n) is 3.08. The number of hydrogen-bond acceptors (Lipinski definition) is 5. The van der Waals surface area contributed by atoms with Gasteiger partial charge in [0.15, 0.2) is 0 Å². The summed E-state index contributed by atoms with van der Waals surface area (Å²) in [5, 5.41) is 3.14. The highest BCUT2D eigenvalue weighted by Crippen LogP contribution is 2.23. The number of methoxy groups -OCH3 is 1. The maximum Gasteiger partial charge on any atom is 0.325 e. The summed E-state index contributed by atoms with van der Waals surface area (Å²) in [6, 6.07) is -0.645. The number of nitrogens with zero attached hydrogens (tertiary/aromatic N) is 1. The Morgan fingerprint density at radius 2 is 2.44 bits per heavy atom. The maximum absolute atomic E-state index is 12.1. The van der Waals surface area contributed by atoms with Crippen molar-refractivity contribution in [3.05, 3.63) is 23.5 Å². The number of carbonyl (C=O) groups is 2. The van der Waals surface area contributed by atoms with Gasteiger partial charge < -0.3 is 20.7 Å². The summed E-state index contributed by atoms with van der Waals surface area (Å²) in [6.45, 7) is 0.289. The SMILES string of the molecule is COC(=O)CN1C(=O)[C@@H](N)CNC2=C1CCC=C2. The fourth-order valence-corrected chi connectivity index (χ4v) is 2.10. The van der Waals surface area contributed by atoms with Gasteiger partial charge >= 0.3 is 5.97 Å². The van der Waals surface area contributed by atoms with E-state index in [1.54, 1.807) is 0 Å². The van der Waals surface area contributed by atoms with Crippen LogP contribution < -0.4 is 11.1 Å². The van der Waals surface area contributed by atoms with Crippen LogP contribution in [0.4, 0.5) is 0 Å². The lowest BCUT2D eigenvalue weighted by molar-refractivity contribution is -0.146. The third-order valence-corrected chi connectivity index (χ3v) is 3.08. The largest absolute Gasteiger partial charge is 0.468 e. The van der Waals surface area contributed by atoms with E-state index in [0.717, 1.165) is 17.8 Å². The van der Waals surface area contributed by atoms with Crippen LogP contribution >= 0.6 is 0 Å². The second-order valence-electron chi connectivity index (χ2n) is 4.29. The van der Waals surface area contributed by atoms with Gasteiger partial charge in [-0.3, -0.25) is 9.59 Å². The van der Waals surface area contributed by atoms with E-state index in [2.05, 4.69) is 10.1 Å². The molecule has 18 heavy (non-hydrogen) atoms. The van der Waals surface area contributed by atoms with Crippen LogP contribution in [0.5, 0.6) is 0 Å². The van der Waals surface area contributed by atoms with Crippen molar-refractivity contribution < 1.29 is 14.3 Å². The number of carbonyl (C=O) groups excluding carboxylic acids is 2. The predicted octanol–water partition coefficient (Wildman–Crippen LogP) is -0.520. The zero-order valence-electron chi connectivity index (χ0n) is 10.3. The summed E-state index contributed by atoms with van der Waals surface area (Å²) in [7, 11) is 1.30. The van der Waals surface area contributed by atoms with Gasteiger partial charge in [-0.05, 0) is 18.9 Å². The van der Waals surface area contributed by atoms with Gasteiger partial charge in [0.05, 0.1) is 12.8 Å². The van der Waals surface area contributed by atoms with Crippen LogP contribution in [0.15, 0.2) is 23.5 Å². The summed E-state index contributed by atoms with van der Waals surface area (Å²) in [4.78, 5) is 25.0. The van der Waals surface area contributed by atoms with Gasteiger partial charge in [-0.25, -0.2) is 0 Å². The van der Waals surface area contributed by atoms with Crippen molar-refractivity contribution in [1.29, 1.82) is 0 Å². The van der Waals surface area contributed by atoms with Crippen molar-refractivity contribution >= 4 is 11.9 Å². The van der Waals surface area contributed by atoms with Crippen molar-refractivity contribution in [2.45, 2.75) is 18.9 Å². The molecule has 2 rings (SSSR count). The number of esters is 1. The zero-order valence-corrected chi connectivity index (χ0v) is 10.3. The summed E-state index contributed by atoms with van der Waals surface area (Å²) >= 11 is 0. The molecular formula is C12H17N3O3. The topological polar surface area (TPSA) is 84.7 Å². The molecule has 0 spiro atoms. The first-order valence-corrected chi connectivity index (χ1v) is 5.91. The van der Waals surface area contributed by atoms with Gasteiger partial charge in [-0.2, -0.15) is 0 Å². The Morgan fingerprint density at radius 1 is 1.67 bits per heavy atom. The van der Waals surface area contributed by atoms with E-state index in [4.69, 9.17) is 5.73 Å². The lowest BCUT2D eigenvalue weighted by Gasteiger charge is -2.26. The van der Waals surface area contributed by atoms with Crippen molar-refractivity contribution in [1.82, 2.24) is 10.2 Å². The highest BCUT2D eigenvalue weighted by molar-refractivity contribution is 5.88. The highest BCUT2D eigenvalue weighted by Gasteiger charge is 2.31. The summed E-state index contributed by atoms with van der Waals surface area (Å²) < 4.78 is 4.62. The van der Waals surface area contributed by atoms with Crippen LogP contribution in [-0.2, 0) is 14.3 Å². The minimum atomic E-state index is -0.645. The van der Waals surface area contributed by atoms with Crippen LogP contribution in [0.3, 0.4) is 0 Å². The Labute approximate surface area is 105 Å². The molecular weight excluding hydrogens is 234 g/mol. The maximum atomic E-state index is 12.1. The third kappa shape index (κ3) is 2.38. The van der Waals surface area contributed by atoms with Gasteiger partial charge in [0.25, 0.3) is 0 Å². The molecule has 0 aromatic rings. The molecule has 0 fully saturated rings. The number of hydrogen-bond donors (Lipinski definition) is 2. The molecule has 2 aliphatic rings. The highest BCUT2D eigenvalue weighted by atomic mass is 16.5. The van der Waals surface area contributed by atoms with E-state index in [1.807, 2.05) is 12.2 Å². The molecule has 1 aliphatic carbocycles. The first-order chi connectivity index (χ1) is 8.63. The Morgan fingerprint density at radius 3 is 3.17 bits per heavy atom. The first kappa shape index (κ1) is 12.6. The van der Waals surface area contributed by atoms with Crippen LogP contribution in [-0.4, -0.2) is 43.0 Å². The quantitative estimate of drug-likeness (QED) is 0.645. The number of rotatable bonds is 2. The molecule has 0 aromatic heterocycles. The molecule has 6 heteroatoms. The Bertz CT molecular complexity index is 428. The number of nitrogens with two attached hydrogens (primary N) is 1. The normalized spacial score (nSPS) is 23.3. The Hall–Kier alpha value is -1.82. The van der Waals surface area contributed by atoms with Crippen LogP contribution in [0.1, 0.15) is 12.8 Å². The average molecular weight is 251 g/mol. The molecule has 1 atom stereocenters. The van der Waals surface area contributed by atoms with E-state index in [0.29, 0.717) is 13.0 Å². The predicted molar refractivity (Wildman–Crippen MR) is 65.1 cm³/mol. The molecule has 0 unspecified atom stereocenters. The lowest BCUT2D eigenvalue weighted by atomic mass is 10.1. The van der Waals surface area contributed by atoms with E-state index >= 15 is 0 Å². The minimum Gasteiger partial charge on any atom is -0.468 e. The zero-order chi connectivity index (χ0) is 13.1. The summed E-state index contributed by atoms with van der Waals surface area (Å²) in [5.41, 5.74) is 7.47. The molecule has 0 radical (unpaired) electrons. The number of ether oxygens (including phenoxy) is 1. The van der Waals surface area contributed by atoms with Gasteiger partial charge in [-0.1, -0.05) is 6.08 Å². The summed E-state index contributed by atoms with van der Waals surface area (Å²) in [5.74, 6) is -0.688. The van der Waals surface area contributed by atoms with Gasteiger partial charge in [0.2, 0.25) is 5.91 Å². The van der Waals surface area contributed by atoms with Crippen molar-refractivity contribution in [2.75, 3.05) is 20.2 Å². The second-order valence-corrected chi connectivity index (χ2v) is 4.29.